The van der Waals surface area contributed by atoms with E-state index in [2.05, 4.69) is 10.1 Å². The molecular formula is C11H13FN4. The van der Waals surface area contributed by atoms with Gasteiger partial charge in [-0.05, 0) is 26.0 Å². The number of hydrogen-bond donors (Lipinski definition) is 1. The van der Waals surface area contributed by atoms with Crippen molar-refractivity contribution in [1.82, 2.24) is 14.8 Å². The Kier molecular flexibility index (Phi) is 2.70. The lowest BCUT2D eigenvalue weighted by molar-refractivity contribution is 0.582. The minimum absolute atomic E-state index is 0.153. The molecule has 2 N–H and O–H groups in total. The first-order valence-electron chi connectivity index (χ1n) is 5.00. The van der Waals surface area contributed by atoms with Gasteiger partial charge in [0.05, 0.1) is 5.69 Å². The van der Waals surface area contributed by atoms with Crippen LogP contribution in [0.15, 0.2) is 18.3 Å². The summed E-state index contributed by atoms with van der Waals surface area (Å²) in [5.74, 6) is -0.204. The molecule has 84 valence electrons. The normalized spacial score (nSPS) is 10.8. The molecule has 0 aliphatic carbocycles. The van der Waals surface area contributed by atoms with Crippen molar-refractivity contribution in [1.29, 1.82) is 0 Å². The van der Waals surface area contributed by atoms with Crippen molar-refractivity contribution >= 4 is 0 Å². The van der Waals surface area contributed by atoms with Crippen LogP contribution in [0.4, 0.5) is 4.39 Å². The van der Waals surface area contributed by atoms with Crippen LogP contribution in [-0.2, 0) is 6.54 Å². The zero-order chi connectivity index (χ0) is 11.7. The first-order chi connectivity index (χ1) is 7.63. The van der Waals surface area contributed by atoms with Gasteiger partial charge >= 0.3 is 0 Å². The van der Waals surface area contributed by atoms with Gasteiger partial charge in [-0.3, -0.25) is 0 Å². The van der Waals surface area contributed by atoms with Crippen molar-refractivity contribution in [2.24, 2.45) is 5.73 Å². The fourth-order valence-electron chi connectivity index (χ4n) is 1.62. The molecule has 2 heterocycles. The molecule has 0 spiro atoms. The maximum absolute atomic E-state index is 13.9. The Labute approximate surface area is 92.9 Å². The highest BCUT2D eigenvalue weighted by Crippen LogP contribution is 2.16. The first kappa shape index (κ1) is 10.8. The number of halogens is 1. The van der Waals surface area contributed by atoms with Crippen LogP contribution < -0.4 is 5.73 Å². The highest BCUT2D eigenvalue weighted by Gasteiger charge is 2.13. The number of aromatic nitrogens is 3. The molecule has 0 saturated heterocycles. The van der Waals surface area contributed by atoms with Gasteiger partial charge in [0.2, 0.25) is 0 Å². The number of aryl methyl sites for hydroxylation is 2. The zero-order valence-corrected chi connectivity index (χ0v) is 9.24. The Hall–Kier alpha value is -1.75. The average Bonchev–Trinajstić information content (AvgIpc) is 2.58. The van der Waals surface area contributed by atoms with E-state index >= 15 is 0 Å². The number of nitrogens with zero attached hydrogens (tertiary/aromatic N) is 3. The van der Waals surface area contributed by atoms with Crippen LogP contribution in [0.2, 0.25) is 0 Å². The number of pyridine rings is 1. The molecule has 5 heteroatoms. The second kappa shape index (κ2) is 4.02. The number of rotatable bonds is 2. The molecule has 0 aromatic carbocycles. The van der Waals surface area contributed by atoms with Crippen LogP contribution in [-0.4, -0.2) is 14.8 Å². The van der Waals surface area contributed by atoms with Crippen LogP contribution in [0.3, 0.4) is 0 Å². The topological polar surface area (TPSA) is 56.7 Å². The fraction of sp³-hybridized carbons (Fsp3) is 0.273. The minimum Gasteiger partial charge on any atom is -0.326 e. The molecule has 2 aromatic rings. The van der Waals surface area contributed by atoms with Crippen molar-refractivity contribution in [3.05, 3.63) is 41.1 Å². The third kappa shape index (κ3) is 1.69. The number of nitrogens with two attached hydrogens (primary N) is 1. The predicted molar refractivity (Wildman–Crippen MR) is 58.7 cm³/mol. The molecule has 4 nitrogen and oxygen atoms in total. The lowest BCUT2D eigenvalue weighted by Crippen LogP contribution is -2.09. The molecule has 0 aliphatic heterocycles. The molecule has 0 radical (unpaired) electrons. The summed E-state index contributed by atoms with van der Waals surface area (Å²) in [5.41, 5.74) is 7.56. The summed E-state index contributed by atoms with van der Waals surface area (Å²) in [4.78, 5) is 4.00. The summed E-state index contributed by atoms with van der Waals surface area (Å²) in [7, 11) is 0. The van der Waals surface area contributed by atoms with E-state index in [1.54, 1.807) is 6.07 Å². The molecular weight excluding hydrogens is 207 g/mol. The Bertz CT molecular complexity index is 519. The predicted octanol–water partition coefficient (Wildman–Crippen LogP) is 1.48. The van der Waals surface area contributed by atoms with Crippen LogP contribution in [0.1, 0.15) is 17.0 Å². The molecule has 16 heavy (non-hydrogen) atoms. The van der Waals surface area contributed by atoms with Crippen LogP contribution in [0.25, 0.3) is 5.82 Å². The molecule has 0 unspecified atom stereocenters. The first-order valence-corrected chi connectivity index (χ1v) is 5.00. The van der Waals surface area contributed by atoms with Crippen molar-refractivity contribution in [3.63, 3.8) is 0 Å². The Morgan fingerprint density at radius 2 is 2.19 bits per heavy atom. The maximum Gasteiger partial charge on any atom is 0.190 e. The van der Waals surface area contributed by atoms with Gasteiger partial charge < -0.3 is 5.73 Å². The maximum atomic E-state index is 13.9. The van der Waals surface area contributed by atoms with Gasteiger partial charge in [0.15, 0.2) is 11.6 Å². The fourth-order valence-corrected chi connectivity index (χ4v) is 1.62. The highest BCUT2D eigenvalue weighted by molar-refractivity contribution is 5.32. The second-order valence-corrected chi connectivity index (χ2v) is 3.65. The average molecular weight is 220 g/mol. The molecule has 0 saturated carbocycles. The van der Waals surface area contributed by atoms with E-state index in [4.69, 9.17) is 5.73 Å². The third-order valence-electron chi connectivity index (χ3n) is 2.38. The van der Waals surface area contributed by atoms with Crippen molar-refractivity contribution in [2.45, 2.75) is 20.4 Å². The summed E-state index contributed by atoms with van der Waals surface area (Å²) < 4.78 is 15.4. The molecule has 0 aliphatic rings. The smallest absolute Gasteiger partial charge is 0.190 e. The van der Waals surface area contributed by atoms with E-state index in [0.717, 1.165) is 11.4 Å². The molecule has 0 fully saturated rings. The molecule has 2 aromatic heterocycles. The lowest BCUT2D eigenvalue weighted by Gasteiger charge is -2.07. The van der Waals surface area contributed by atoms with Crippen LogP contribution in [0.5, 0.6) is 0 Å². The van der Waals surface area contributed by atoms with E-state index in [9.17, 15) is 4.39 Å². The van der Waals surface area contributed by atoms with Crippen molar-refractivity contribution in [2.75, 3.05) is 0 Å². The van der Waals surface area contributed by atoms with Gasteiger partial charge in [-0.15, -0.1) is 0 Å². The quantitative estimate of drug-likeness (QED) is 0.834. The summed E-state index contributed by atoms with van der Waals surface area (Å²) in [6, 6.07) is 3.45. The largest absolute Gasteiger partial charge is 0.326 e. The van der Waals surface area contributed by atoms with E-state index in [0.29, 0.717) is 5.56 Å². The van der Waals surface area contributed by atoms with Gasteiger partial charge in [0.25, 0.3) is 0 Å². The van der Waals surface area contributed by atoms with Gasteiger partial charge in [0, 0.05) is 24.0 Å². The molecule has 0 bridgehead atoms. The van der Waals surface area contributed by atoms with E-state index in [1.165, 1.54) is 10.9 Å². The van der Waals surface area contributed by atoms with E-state index in [1.807, 2.05) is 19.9 Å². The minimum atomic E-state index is -0.406. The Morgan fingerprint density at radius 3 is 2.75 bits per heavy atom. The monoisotopic (exact) mass is 220 g/mol. The third-order valence-corrected chi connectivity index (χ3v) is 2.38. The van der Waals surface area contributed by atoms with Crippen LogP contribution in [0, 0.1) is 19.7 Å². The Balaban J connectivity index is 2.60. The Morgan fingerprint density at radius 1 is 1.44 bits per heavy atom. The molecule has 0 amide bonds. The standard InChI is InChI=1S/C11H13FN4/c1-7-5-8(2)16(15-7)11-10(12)9(6-13)3-4-14-11/h3-5H,6,13H2,1-2H3. The SMILES string of the molecule is Cc1cc(C)n(-c2nccc(CN)c2F)n1. The van der Waals surface area contributed by atoms with Gasteiger partial charge in [-0.2, -0.15) is 5.10 Å². The van der Waals surface area contributed by atoms with Gasteiger partial charge in [-0.25, -0.2) is 14.1 Å². The number of hydrogen-bond acceptors (Lipinski definition) is 3. The molecule has 2 rings (SSSR count). The summed E-state index contributed by atoms with van der Waals surface area (Å²) >= 11 is 0. The van der Waals surface area contributed by atoms with Gasteiger partial charge in [-0.1, -0.05) is 0 Å². The summed E-state index contributed by atoms with van der Waals surface area (Å²) in [5, 5.41) is 4.19. The highest BCUT2D eigenvalue weighted by atomic mass is 19.1. The molecule has 0 atom stereocenters. The van der Waals surface area contributed by atoms with Crippen molar-refractivity contribution < 1.29 is 4.39 Å². The van der Waals surface area contributed by atoms with E-state index < -0.39 is 5.82 Å². The second-order valence-electron chi connectivity index (χ2n) is 3.65. The summed E-state index contributed by atoms with van der Waals surface area (Å²) in [6.45, 7) is 3.87. The summed E-state index contributed by atoms with van der Waals surface area (Å²) in [6.07, 6.45) is 1.54. The zero-order valence-electron chi connectivity index (χ0n) is 9.24. The van der Waals surface area contributed by atoms with E-state index in [-0.39, 0.29) is 12.4 Å². The van der Waals surface area contributed by atoms with Crippen molar-refractivity contribution in [3.8, 4) is 5.82 Å². The van der Waals surface area contributed by atoms with Crippen LogP contribution >= 0.6 is 0 Å². The lowest BCUT2D eigenvalue weighted by atomic mass is 10.2. The van der Waals surface area contributed by atoms with Gasteiger partial charge in [0.1, 0.15) is 0 Å².